The smallest absolute Gasteiger partial charge is 0.408 e. The van der Waals surface area contributed by atoms with Crippen LogP contribution in [-0.4, -0.2) is 47.0 Å². The highest BCUT2D eigenvalue weighted by molar-refractivity contribution is 5.91. The number of nitrogens with zero attached hydrogens (tertiary/aromatic N) is 1. The summed E-state index contributed by atoms with van der Waals surface area (Å²) >= 11 is 0. The lowest BCUT2D eigenvalue weighted by molar-refractivity contribution is -0.143. The van der Waals surface area contributed by atoms with Gasteiger partial charge in [0.15, 0.2) is 0 Å². The predicted molar refractivity (Wildman–Crippen MR) is 135 cm³/mol. The number of amides is 3. The van der Waals surface area contributed by atoms with Crippen molar-refractivity contribution in [2.24, 2.45) is 0 Å². The van der Waals surface area contributed by atoms with Gasteiger partial charge in [-0.3, -0.25) is 9.59 Å². The van der Waals surface area contributed by atoms with Crippen LogP contribution in [0.25, 0.3) is 0 Å². The van der Waals surface area contributed by atoms with Crippen molar-refractivity contribution in [3.05, 3.63) is 34.9 Å². The molecule has 7 nitrogen and oxygen atoms in total. The highest BCUT2D eigenvalue weighted by Crippen LogP contribution is 2.29. The van der Waals surface area contributed by atoms with Gasteiger partial charge in [0.25, 0.3) is 0 Å². The highest BCUT2D eigenvalue weighted by atomic mass is 16.6. The van der Waals surface area contributed by atoms with E-state index < -0.39 is 17.7 Å². The van der Waals surface area contributed by atoms with Crippen LogP contribution < -0.4 is 10.6 Å². The number of ether oxygens (including phenoxy) is 1. The molecule has 1 aliphatic carbocycles. The normalized spacial score (nSPS) is 16.3. The first-order valence-corrected chi connectivity index (χ1v) is 12.6. The Morgan fingerprint density at radius 2 is 1.76 bits per heavy atom. The Morgan fingerprint density at radius 3 is 2.32 bits per heavy atom. The van der Waals surface area contributed by atoms with Crippen LogP contribution in [0.5, 0.6) is 0 Å². The quantitative estimate of drug-likeness (QED) is 0.559. The minimum atomic E-state index is -0.773. The molecule has 2 rings (SSSR count). The van der Waals surface area contributed by atoms with E-state index in [0.29, 0.717) is 6.42 Å². The number of benzene rings is 1. The molecule has 34 heavy (non-hydrogen) atoms. The average molecular weight is 474 g/mol. The van der Waals surface area contributed by atoms with E-state index >= 15 is 0 Å². The fourth-order valence-corrected chi connectivity index (χ4v) is 4.47. The van der Waals surface area contributed by atoms with E-state index in [0.717, 1.165) is 42.4 Å². The molecule has 1 saturated carbocycles. The summed E-state index contributed by atoms with van der Waals surface area (Å²) in [4.78, 5) is 41.0. The largest absolute Gasteiger partial charge is 0.444 e. The van der Waals surface area contributed by atoms with Gasteiger partial charge in [0.05, 0.1) is 0 Å². The summed E-state index contributed by atoms with van der Waals surface area (Å²) in [7, 11) is 0. The van der Waals surface area contributed by atoms with Crippen molar-refractivity contribution in [1.82, 2.24) is 15.5 Å². The number of hydrogen-bond donors (Lipinski definition) is 2. The zero-order valence-corrected chi connectivity index (χ0v) is 22.0. The van der Waals surface area contributed by atoms with Gasteiger partial charge >= 0.3 is 6.09 Å². The van der Waals surface area contributed by atoms with Gasteiger partial charge in [0.2, 0.25) is 11.8 Å². The molecule has 2 N–H and O–H groups in total. The third-order valence-electron chi connectivity index (χ3n) is 6.33. The molecule has 7 heteroatoms. The number of hydrogen-bond acceptors (Lipinski definition) is 4. The zero-order chi connectivity index (χ0) is 25.5. The fourth-order valence-electron chi connectivity index (χ4n) is 4.47. The van der Waals surface area contributed by atoms with Crippen molar-refractivity contribution in [3.63, 3.8) is 0 Å². The third-order valence-corrected chi connectivity index (χ3v) is 6.33. The molecule has 0 saturated heterocycles. The molecule has 1 aromatic carbocycles. The summed E-state index contributed by atoms with van der Waals surface area (Å²) in [6.45, 7) is 13.0. The molecule has 2 atom stereocenters. The number of nitrogens with one attached hydrogen (secondary N) is 2. The molecule has 1 fully saturated rings. The summed E-state index contributed by atoms with van der Waals surface area (Å²) in [5.41, 5.74) is 2.21. The van der Waals surface area contributed by atoms with Crippen molar-refractivity contribution in [2.45, 2.75) is 111 Å². The van der Waals surface area contributed by atoms with Crippen LogP contribution in [0.3, 0.4) is 0 Å². The average Bonchev–Trinajstić information content (AvgIpc) is 2.75. The number of rotatable bonds is 8. The van der Waals surface area contributed by atoms with Crippen molar-refractivity contribution in [2.75, 3.05) is 6.54 Å². The second-order valence-corrected chi connectivity index (χ2v) is 10.5. The van der Waals surface area contributed by atoms with Crippen LogP contribution in [0.4, 0.5) is 4.79 Å². The summed E-state index contributed by atoms with van der Waals surface area (Å²) in [6, 6.07) is 5.11. The molecule has 2 unspecified atom stereocenters. The Hall–Kier alpha value is -2.57. The summed E-state index contributed by atoms with van der Waals surface area (Å²) < 4.78 is 5.28. The molecule has 0 radical (unpaired) electrons. The second-order valence-electron chi connectivity index (χ2n) is 10.5. The Morgan fingerprint density at radius 1 is 1.12 bits per heavy atom. The topological polar surface area (TPSA) is 87.7 Å². The second kappa shape index (κ2) is 12.2. The van der Waals surface area contributed by atoms with E-state index in [-0.39, 0.29) is 30.4 Å². The first-order valence-electron chi connectivity index (χ1n) is 12.6. The molecular formula is C27H43N3O4. The van der Waals surface area contributed by atoms with E-state index in [2.05, 4.69) is 10.6 Å². The number of carbonyl (C=O) groups is 3. The Labute approximate surface area is 205 Å². The van der Waals surface area contributed by atoms with Gasteiger partial charge in [-0.15, -0.1) is 0 Å². The SMILES string of the molecule is CCC(C)N(C(=O)CNC(=O)OC(C)(C)C)C(C(=O)NC1CCCCC1)c1ccc(C)cc1C. The lowest BCUT2D eigenvalue weighted by atomic mass is 9.93. The van der Waals surface area contributed by atoms with Gasteiger partial charge in [-0.1, -0.05) is 49.9 Å². The number of alkyl carbamates (subject to hydrolysis) is 1. The van der Waals surface area contributed by atoms with Crippen LogP contribution in [0.15, 0.2) is 18.2 Å². The first kappa shape index (κ1) is 27.7. The van der Waals surface area contributed by atoms with Crippen molar-refractivity contribution >= 4 is 17.9 Å². The molecule has 0 heterocycles. The lowest BCUT2D eigenvalue weighted by Gasteiger charge is -2.37. The lowest BCUT2D eigenvalue weighted by Crippen LogP contribution is -2.52. The van der Waals surface area contributed by atoms with E-state index in [1.165, 1.54) is 6.42 Å². The Bertz CT molecular complexity index is 856. The molecule has 1 aliphatic rings. The van der Waals surface area contributed by atoms with Gasteiger partial charge in [-0.2, -0.15) is 0 Å². The van der Waals surface area contributed by atoms with Crippen molar-refractivity contribution < 1.29 is 19.1 Å². The maximum absolute atomic E-state index is 13.7. The van der Waals surface area contributed by atoms with Gasteiger partial charge in [-0.05, 0) is 71.9 Å². The van der Waals surface area contributed by atoms with Crippen LogP contribution in [-0.2, 0) is 14.3 Å². The minimum absolute atomic E-state index is 0.128. The maximum Gasteiger partial charge on any atom is 0.408 e. The van der Waals surface area contributed by atoms with Crippen molar-refractivity contribution in [1.29, 1.82) is 0 Å². The summed E-state index contributed by atoms with van der Waals surface area (Å²) in [6.07, 6.45) is 5.35. The van der Waals surface area contributed by atoms with Crippen molar-refractivity contribution in [3.8, 4) is 0 Å². The molecule has 0 aromatic heterocycles. The molecular weight excluding hydrogens is 430 g/mol. The Kier molecular flexibility index (Phi) is 9.95. The molecule has 0 bridgehead atoms. The van der Waals surface area contributed by atoms with E-state index in [4.69, 9.17) is 4.74 Å². The number of aryl methyl sites for hydroxylation is 2. The van der Waals surface area contributed by atoms with Crippen LogP contribution >= 0.6 is 0 Å². The van der Waals surface area contributed by atoms with E-state index in [1.807, 2.05) is 45.9 Å². The molecule has 0 aliphatic heterocycles. The standard InChI is InChI=1S/C27H43N3O4/c1-8-20(4)30(23(31)17-28-26(33)34-27(5,6)7)24(22-15-14-18(2)16-19(22)3)25(32)29-21-12-10-9-11-13-21/h14-16,20-21,24H,8-13,17H2,1-7H3,(H,28,33)(H,29,32). The van der Waals surface area contributed by atoms with Crippen LogP contribution in [0.2, 0.25) is 0 Å². The highest BCUT2D eigenvalue weighted by Gasteiger charge is 2.36. The van der Waals surface area contributed by atoms with Crippen LogP contribution in [0, 0.1) is 13.8 Å². The molecule has 3 amide bonds. The van der Waals surface area contributed by atoms with E-state index in [9.17, 15) is 14.4 Å². The fraction of sp³-hybridized carbons (Fsp3) is 0.667. The molecule has 0 spiro atoms. The minimum Gasteiger partial charge on any atom is -0.444 e. The van der Waals surface area contributed by atoms with Gasteiger partial charge in [0, 0.05) is 12.1 Å². The zero-order valence-electron chi connectivity index (χ0n) is 22.0. The van der Waals surface area contributed by atoms with Crippen LogP contribution in [0.1, 0.15) is 95.9 Å². The maximum atomic E-state index is 13.7. The molecule has 1 aromatic rings. The van der Waals surface area contributed by atoms with Gasteiger partial charge < -0.3 is 20.3 Å². The monoisotopic (exact) mass is 473 g/mol. The summed E-state index contributed by atoms with van der Waals surface area (Å²) in [5.74, 6) is -0.478. The first-order chi connectivity index (χ1) is 15.9. The number of carbonyl (C=O) groups excluding carboxylic acids is 3. The third kappa shape index (κ3) is 8.03. The Balaban J connectivity index is 2.35. The molecule has 190 valence electrons. The van der Waals surface area contributed by atoms with Gasteiger partial charge in [0.1, 0.15) is 18.2 Å². The predicted octanol–water partition coefficient (Wildman–Crippen LogP) is 4.95. The van der Waals surface area contributed by atoms with E-state index in [1.54, 1.807) is 25.7 Å². The van der Waals surface area contributed by atoms with Gasteiger partial charge in [-0.25, -0.2) is 4.79 Å². The summed E-state index contributed by atoms with van der Waals surface area (Å²) in [5, 5.41) is 5.79.